The summed E-state index contributed by atoms with van der Waals surface area (Å²) in [7, 11) is 1.59. The van der Waals surface area contributed by atoms with Crippen LogP contribution in [0.15, 0.2) is 133 Å². The van der Waals surface area contributed by atoms with E-state index >= 15 is 0 Å². The Morgan fingerprint density at radius 2 is 1.13 bits per heavy atom. The van der Waals surface area contributed by atoms with Crippen molar-refractivity contribution >= 4 is 41.2 Å². The molecule has 5 aromatic carbocycles. The van der Waals surface area contributed by atoms with Crippen molar-refractivity contribution in [3.05, 3.63) is 156 Å². The number of para-hydroxylation sites is 1. The van der Waals surface area contributed by atoms with Gasteiger partial charge in [-0.1, -0.05) is 115 Å². The van der Waals surface area contributed by atoms with Crippen LogP contribution in [0.1, 0.15) is 41.5 Å². The highest BCUT2D eigenvalue weighted by Crippen LogP contribution is 2.30. The number of rotatable bonds is 10. The fourth-order valence-corrected chi connectivity index (χ4v) is 7.13. The number of carbonyl (C=O) groups is 6. The molecule has 0 saturated carbocycles. The van der Waals surface area contributed by atoms with Crippen molar-refractivity contribution in [2.75, 3.05) is 12.4 Å². The number of hydrogen-bond acceptors (Lipinski definition) is 7. The van der Waals surface area contributed by atoms with Gasteiger partial charge in [0.1, 0.15) is 29.9 Å². The van der Waals surface area contributed by atoms with E-state index < -0.39 is 59.7 Å². The summed E-state index contributed by atoms with van der Waals surface area (Å²) in [6.07, 6.45) is 0.136. The van der Waals surface area contributed by atoms with Crippen LogP contribution >= 0.6 is 0 Å². The number of hydrogen-bond donors (Lipinski definition) is 6. The zero-order valence-electron chi connectivity index (χ0n) is 33.8. The molecule has 6 N–H and O–H groups in total. The van der Waals surface area contributed by atoms with Gasteiger partial charge >= 0.3 is 5.97 Å². The van der Waals surface area contributed by atoms with Gasteiger partial charge in [0.2, 0.25) is 29.5 Å². The Labute approximate surface area is 354 Å². The van der Waals surface area contributed by atoms with Gasteiger partial charge in [-0.2, -0.15) is 0 Å². The monoisotopic (exact) mass is 823 g/mol. The summed E-state index contributed by atoms with van der Waals surface area (Å²) >= 11 is 0. The lowest BCUT2D eigenvalue weighted by Gasteiger charge is -2.26. The predicted octanol–water partition coefficient (Wildman–Crippen LogP) is 4.78. The quantitative estimate of drug-likeness (QED) is 0.109. The lowest BCUT2D eigenvalue weighted by molar-refractivity contribution is -0.142. The molecule has 13 nitrogen and oxygen atoms in total. The number of methoxy groups -OCH3 is 1. The lowest BCUT2D eigenvalue weighted by atomic mass is 9.98. The van der Waals surface area contributed by atoms with E-state index in [0.29, 0.717) is 34.5 Å². The highest BCUT2D eigenvalue weighted by Gasteiger charge is 2.32. The maximum Gasteiger partial charge on any atom is 0.326 e. The maximum absolute atomic E-state index is 14.5. The zero-order chi connectivity index (χ0) is 43.1. The number of nitrogens with one attached hydrogen (secondary N) is 5. The Bertz CT molecular complexity index is 2300. The van der Waals surface area contributed by atoms with E-state index in [-0.39, 0.29) is 38.5 Å². The summed E-state index contributed by atoms with van der Waals surface area (Å²) in [5.41, 5.74) is 5.04. The Balaban J connectivity index is 1.34. The zero-order valence-corrected chi connectivity index (χ0v) is 33.8. The SMILES string of the molecule is COc1ccccc1-c1ccc(C[C@@H]2NC(=O)[C@@H](CCc3ccccc3)NC(=O)CCC(=O)Nc3ccc(cc3)C[C@@H](C(=O)O)NC(=O)[C@@H](Cc3ccccc3)NC2=O)cc1. The molecule has 314 valence electrons. The minimum atomic E-state index is -1.36. The number of ether oxygens (including phenoxy) is 1. The summed E-state index contributed by atoms with van der Waals surface area (Å²) in [5.74, 6) is -3.64. The molecular formula is C48H49N5O8. The molecule has 4 atom stereocenters. The molecule has 0 spiro atoms. The first-order valence-electron chi connectivity index (χ1n) is 20.2. The number of carboxylic acid groups (broad SMARTS) is 1. The van der Waals surface area contributed by atoms with Crippen LogP contribution in [0, 0.1) is 0 Å². The van der Waals surface area contributed by atoms with Crippen LogP contribution in [-0.4, -0.2) is 71.9 Å². The Morgan fingerprint density at radius 1 is 0.590 bits per heavy atom. The highest BCUT2D eigenvalue weighted by molar-refractivity contribution is 5.96. The smallest absolute Gasteiger partial charge is 0.326 e. The van der Waals surface area contributed by atoms with E-state index in [0.717, 1.165) is 16.7 Å². The molecule has 5 aromatic rings. The van der Waals surface area contributed by atoms with Gasteiger partial charge in [-0.3, -0.25) is 24.0 Å². The van der Waals surface area contributed by atoms with Gasteiger partial charge in [0.25, 0.3) is 0 Å². The Kier molecular flexibility index (Phi) is 15.0. The van der Waals surface area contributed by atoms with Gasteiger partial charge in [-0.25, -0.2) is 4.79 Å². The molecule has 61 heavy (non-hydrogen) atoms. The molecule has 0 radical (unpaired) electrons. The van der Waals surface area contributed by atoms with Gasteiger partial charge in [0.05, 0.1) is 7.11 Å². The van der Waals surface area contributed by atoms with Crippen molar-refractivity contribution in [3.8, 4) is 16.9 Å². The van der Waals surface area contributed by atoms with Crippen LogP contribution < -0.4 is 31.3 Å². The van der Waals surface area contributed by atoms with Crippen LogP contribution in [0.5, 0.6) is 5.75 Å². The minimum Gasteiger partial charge on any atom is -0.496 e. The summed E-state index contributed by atoms with van der Waals surface area (Å²) < 4.78 is 5.55. The molecule has 2 heterocycles. The van der Waals surface area contributed by atoms with Crippen molar-refractivity contribution in [1.29, 1.82) is 0 Å². The average Bonchev–Trinajstić information content (AvgIpc) is 3.27. The molecule has 7 rings (SSSR count). The second kappa shape index (κ2) is 21.1. The number of carboxylic acids is 1. The highest BCUT2D eigenvalue weighted by atomic mass is 16.5. The lowest BCUT2D eigenvalue weighted by Crippen LogP contribution is -2.59. The Morgan fingerprint density at radius 3 is 1.75 bits per heavy atom. The first kappa shape index (κ1) is 43.3. The Hall–Kier alpha value is -7.28. The topological polar surface area (TPSA) is 192 Å². The normalized spacial score (nSPS) is 19.3. The number of aliphatic carboxylic acids is 1. The first-order chi connectivity index (χ1) is 29.5. The molecule has 13 heteroatoms. The molecule has 0 saturated heterocycles. The minimum absolute atomic E-state index is 0.00342. The van der Waals surface area contributed by atoms with Gasteiger partial charge in [0, 0.05) is 43.4 Å². The van der Waals surface area contributed by atoms with E-state index in [1.807, 2.05) is 84.9 Å². The summed E-state index contributed by atoms with van der Waals surface area (Å²) in [6, 6.07) is 34.9. The number of carbonyl (C=O) groups excluding carboxylic acids is 5. The van der Waals surface area contributed by atoms with E-state index in [1.54, 1.807) is 55.6 Å². The van der Waals surface area contributed by atoms with Crippen molar-refractivity contribution in [1.82, 2.24) is 21.3 Å². The number of fused-ring (bicyclic) bond motifs is 18. The van der Waals surface area contributed by atoms with Crippen LogP contribution in [-0.2, 0) is 54.5 Å². The number of aryl methyl sites for hydroxylation is 1. The largest absolute Gasteiger partial charge is 0.496 e. The van der Waals surface area contributed by atoms with Crippen molar-refractivity contribution in [2.45, 2.75) is 69.1 Å². The van der Waals surface area contributed by atoms with E-state index in [1.165, 1.54) is 0 Å². The molecule has 2 aliphatic rings. The van der Waals surface area contributed by atoms with E-state index in [4.69, 9.17) is 4.74 Å². The third-order valence-electron chi connectivity index (χ3n) is 10.4. The second-order valence-electron chi connectivity index (χ2n) is 14.9. The number of benzene rings is 5. The third-order valence-corrected chi connectivity index (χ3v) is 10.4. The fraction of sp³-hybridized carbons (Fsp3) is 0.250. The molecule has 5 amide bonds. The summed E-state index contributed by atoms with van der Waals surface area (Å²) in [6.45, 7) is 0. The summed E-state index contributed by atoms with van der Waals surface area (Å²) in [5, 5.41) is 24.0. The molecule has 0 unspecified atom stereocenters. The van der Waals surface area contributed by atoms with E-state index in [9.17, 15) is 33.9 Å². The van der Waals surface area contributed by atoms with Crippen molar-refractivity contribution < 1.29 is 38.6 Å². The van der Waals surface area contributed by atoms with Crippen molar-refractivity contribution in [2.24, 2.45) is 0 Å². The van der Waals surface area contributed by atoms with Crippen LogP contribution in [0.4, 0.5) is 5.69 Å². The van der Waals surface area contributed by atoms with Crippen molar-refractivity contribution in [3.63, 3.8) is 0 Å². The third kappa shape index (κ3) is 12.6. The van der Waals surface area contributed by atoms with Crippen LogP contribution in [0.2, 0.25) is 0 Å². The average molecular weight is 824 g/mol. The number of amides is 5. The predicted molar refractivity (Wildman–Crippen MR) is 230 cm³/mol. The van der Waals surface area contributed by atoms with Gasteiger partial charge < -0.3 is 36.4 Å². The standard InChI is InChI=1S/C48H49N5O8/c1-61-42-15-9-8-14-37(42)35-21-16-33(17-22-35)29-40-46(57)52-39(28-32-12-6-3-7-13-32)47(58)53-41(48(59)60)30-34-18-23-36(24-19-34)49-43(54)26-27-44(55)50-38(45(56)51-40)25-20-31-10-4-2-5-11-31/h2-19,21-24,38-41H,20,25-30H2,1H3,(H,49,54)(H,50,55)(H,51,56)(H,52,57)(H,53,58)(H,59,60)/t38-,39-,40+,41+/m1/s1. The fourth-order valence-electron chi connectivity index (χ4n) is 7.13. The van der Waals surface area contributed by atoms with Gasteiger partial charge in [-0.15, -0.1) is 0 Å². The first-order valence-corrected chi connectivity index (χ1v) is 20.2. The second-order valence-corrected chi connectivity index (χ2v) is 14.9. The van der Waals surface area contributed by atoms with E-state index in [2.05, 4.69) is 26.6 Å². The molecule has 2 aliphatic heterocycles. The number of anilines is 1. The van der Waals surface area contributed by atoms with Crippen LogP contribution in [0.3, 0.4) is 0 Å². The molecule has 0 fully saturated rings. The molecular weight excluding hydrogens is 775 g/mol. The molecule has 0 aromatic heterocycles. The summed E-state index contributed by atoms with van der Waals surface area (Å²) in [4.78, 5) is 81.6. The molecule has 0 aliphatic carbocycles. The molecule has 2 bridgehead atoms. The maximum atomic E-state index is 14.5. The van der Waals surface area contributed by atoms with Crippen LogP contribution in [0.25, 0.3) is 11.1 Å². The van der Waals surface area contributed by atoms with Gasteiger partial charge in [0.15, 0.2) is 0 Å². The van der Waals surface area contributed by atoms with Gasteiger partial charge in [-0.05, 0) is 58.9 Å².